The highest BCUT2D eigenvalue weighted by molar-refractivity contribution is 5.98. The van der Waals surface area contributed by atoms with Gasteiger partial charge in [0.05, 0.1) is 24.9 Å². The summed E-state index contributed by atoms with van der Waals surface area (Å²) in [6.07, 6.45) is 4.18. The Balaban J connectivity index is 1.36. The van der Waals surface area contributed by atoms with Crippen molar-refractivity contribution in [1.82, 2.24) is 15.3 Å². The quantitative estimate of drug-likeness (QED) is 0.260. The molecule has 2 N–H and O–H groups in total. The number of amides is 1. The van der Waals surface area contributed by atoms with Crippen LogP contribution in [0.4, 0.5) is 8.78 Å². The molecule has 1 saturated carbocycles. The van der Waals surface area contributed by atoms with E-state index in [1.807, 2.05) is 0 Å². The van der Waals surface area contributed by atoms with Crippen LogP contribution in [0.5, 0.6) is 5.75 Å². The number of carbonyl (C=O) groups excluding carboxylic acids is 1. The van der Waals surface area contributed by atoms with E-state index in [4.69, 9.17) is 13.9 Å². The van der Waals surface area contributed by atoms with Crippen LogP contribution in [0, 0.1) is 11.6 Å². The standard InChI is InChI=1S/C32H33F2N3O5/c1-31(2,39)22-16-25(36-27(26(22)34)18-8-10-21(33)11-9-18)32(12-4-5-13-41-32)17-35-29(38)20-14-23(40-3)28-24(15-20)42-30(37-28)19-6-7-19/h8-11,14-16,19,39H,4-7,12-13,17H2,1-3H3,(H,35,38). The Kier molecular flexibility index (Phi) is 7.22. The lowest BCUT2D eigenvalue weighted by Gasteiger charge is -2.38. The van der Waals surface area contributed by atoms with Gasteiger partial charge in [0.25, 0.3) is 5.91 Å². The molecule has 2 aliphatic rings. The van der Waals surface area contributed by atoms with E-state index < -0.39 is 22.8 Å². The highest BCUT2D eigenvalue weighted by Gasteiger charge is 2.40. The van der Waals surface area contributed by atoms with Crippen molar-refractivity contribution in [2.45, 2.75) is 63.1 Å². The summed E-state index contributed by atoms with van der Waals surface area (Å²) in [5.41, 5.74) is -0.522. The summed E-state index contributed by atoms with van der Waals surface area (Å²) in [5.74, 6) is -0.146. The minimum Gasteiger partial charge on any atom is -0.494 e. The maximum atomic E-state index is 15.8. The zero-order chi connectivity index (χ0) is 29.6. The third-order valence-corrected chi connectivity index (χ3v) is 7.97. The smallest absolute Gasteiger partial charge is 0.251 e. The van der Waals surface area contributed by atoms with Crippen molar-refractivity contribution in [2.24, 2.45) is 0 Å². The molecule has 2 fully saturated rings. The molecule has 0 bridgehead atoms. The lowest BCUT2D eigenvalue weighted by molar-refractivity contribution is -0.0838. The van der Waals surface area contributed by atoms with Crippen LogP contribution in [0.25, 0.3) is 22.4 Å². The van der Waals surface area contributed by atoms with Gasteiger partial charge in [0.15, 0.2) is 22.8 Å². The molecule has 42 heavy (non-hydrogen) atoms. The summed E-state index contributed by atoms with van der Waals surface area (Å²) in [5, 5.41) is 13.8. The van der Waals surface area contributed by atoms with E-state index in [-0.39, 0.29) is 23.7 Å². The molecule has 3 heterocycles. The number of hydrogen-bond acceptors (Lipinski definition) is 7. The molecular formula is C32H33F2N3O5. The summed E-state index contributed by atoms with van der Waals surface area (Å²) in [7, 11) is 1.52. The second kappa shape index (κ2) is 10.7. The number of hydrogen-bond donors (Lipinski definition) is 2. The van der Waals surface area contributed by atoms with Gasteiger partial charge in [-0.3, -0.25) is 4.79 Å². The third-order valence-electron chi connectivity index (χ3n) is 7.97. The van der Waals surface area contributed by atoms with Gasteiger partial charge in [0.2, 0.25) is 0 Å². The zero-order valence-corrected chi connectivity index (χ0v) is 23.8. The third kappa shape index (κ3) is 5.36. The van der Waals surface area contributed by atoms with Gasteiger partial charge in [-0.15, -0.1) is 0 Å². The maximum Gasteiger partial charge on any atom is 0.251 e. The fourth-order valence-corrected chi connectivity index (χ4v) is 5.42. The summed E-state index contributed by atoms with van der Waals surface area (Å²) in [6, 6.07) is 10.1. The van der Waals surface area contributed by atoms with Gasteiger partial charge >= 0.3 is 0 Å². The lowest BCUT2D eigenvalue weighted by Crippen LogP contribution is -2.45. The van der Waals surface area contributed by atoms with Crippen molar-refractivity contribution in [3.05, 3.63) is 76.8 Å². The van der Waals surface area contributed by atoms with E-state index in [1.54, 1.807) is 12.1 Å². The van der Waals surface area contributed by atoms with Crippen LogP contribution >= 0.6 is 0 Å². The Labute approximate surface area is 242 Å². The van der Waals surface area contributed by atoms with Gasteiger partial charge in [-0.2, -0.15) is 0 Å². The number of ether oxygens (including phenoxy) is 2. The van der Waals surface area contributed by atoms with Crippen LogP contribution in [0.2, 0.25) is 0 Å². The van der Waals surface area contributed by atoms with Gasteiger partial charge < -0.3 is 24.3 Å². The zero-order valence-electron chi connectivity index (χ0n) is 23.8. The van der Waals surface area contributed by atoms with E-state index in [0.29, 0.717) is 58.5 Å². The largest absolute Gasteiger partial charge is 0.494 e. The summed E-state index contributed by atoms with van der Waals surface area (Å²) < 4.78 is 47.2. The van der Waals surface area contributed by atoms with Crippen molar-refractivity contribution in [3.63, 3.8) is 0 Å². The van der Waals surface area contributed by atoms with Crippen LogP contribution in [0.3, 0.4) is 0 Å². The number of benzene rings is 2. The molecule has 1 aliphatic heterocycles. The van der Waals surface area contributed by atoms with Crippen molar-refractivity contribution in [1.29, 1.82) is 0 Å². The molecule has 6 rings (SSSR count). The van der Waals surface area contributed by atoms with Crippen molar-refractivity contribution < 1.29 is 32.6 Å². The molecule has 0 spiro atoms. The van der Waals surface area contributed by atoms with E-state index in [9.17, 15) is 14.3 Å². The SMILES string of the molecule is COc1cc(C(=O)NCC2(c3cc(C(C)(C)O)c(F)c(-c4ccc(F)cc4)n3)CCCCO2)cc2oc(C3CC3)nc12. The minimum absolute atomic E-state index is 0.0266. The number of oxazole rings is 1. The number of carbonyl (C=O) groups is 1. The fraction of sp³-hybridized carbons (Fsp3) is 0.406. The summed E-state index contributed by atoms with van der Waals surface area (Å²) in [4.78, 5) is 22.7. The first-order valence-corrected chi connectivity index (χ1v) is 14.2. The minimum atomic E-state index is -1.54. The van der Waals surface area contributed by atoms with Crippen molar-refractivity contribution in [2.75, 3.05) is 20.3 Å². The topological polar surface area (TPSA) is 107 Å². The molecule has 1 unspecified atom stereocenters. The van der Waals surface area contributed by atoms with Crippen LogP contribution in [-0.4, -0.2) is 41.2 Å². The molecule has 1 atom stereocenters. The molecule has 220 valence electrons. The van der Waals surface area contributed by atoms with Gasteiger partial charge in [0, 0.05) is 29.2 Å². The first kappa shape index (κ1) is 28.2. The Morgan fingerprint density at radius 2 is 1.90 bits per heavy atom. The van der Waals surface area contributed by atoms with Crippen LogP contribution in [0.15, 0.2) is 46.9 Å². The molecule has 1 amide bonds. The average molecular weight is 578 g/mol. The Bertz CT molecular complexity index is 1630. The van der Waals surface area contributed by atoms with Gasteiger partial charge in [-0.05, 0) is 88.4 Å². The predicted octanol–water partition coefficient (Wildman–Crippen LogP) is 6.11. The highest BCUT2D eigenvalue weighted by atomic mass is 19.1. The average Bonchev–Trinajstić information content (AvgIpc) is 3.74. The highest BCUT2D eigenvalue weighted by Crippen LogP contribution is 2.42. The number of fused-ring (bicyclic) bond motifs is 1. The Hall–Kier alpha value is -3.89. The summed E-state index contributed by atoms with van der Waals surface area (Å²) >= 11 is 0. The van der Waals surface area contributed by atoms with Crippen molar-refractivity contribution in [3.8, 4) is 17.0 Å². The maximum absolute atomic E-state index is 15.8. The second-order valence-corrected chi connectivity index (χ2v) is 11.6. The van der Waals surface area contributed by atoms with E-state index >= 15 is 4.39 Å². The second-order valence-electron chi connectivity index (χ2n) is 11.6. The number of rotatable bonds is 8. The number of nitrogens with zero attached hydrogens (tertiary/aromatic N) is 2. The molecule has 10 heteroatoms. The van der Waals surface area contributed by atoms with Crippen molar-refractivity contribution >= 4 is 17.0 Å². The molecule has 0 radical (unpaired) electrons. The first-order valence-electron chi connectivity index (χ1n) is 14.2. The van der Waals surface area contributed by atoms with Crippen LogP contribution in [-0.2, 0) is 15.9 Å². The number of aromatic nitrogens is 2. The predicted molar refractivity (Wildman–Crippen MR) is 151 cm³/mol. The molecule has 2 aromatic carbocycles. The molecule has 1 saturated heterocycles. The molecule has 1 aliphatic carbocycles. The van der Waals surface area contributed by atoms with Crippen LogP contribution < -0.4 is 10.1 Å². The first-order chi connectivity index (χ1) is 20.1. The van der Waals surface area contributed by atoms with Gasteiger partial charge in [0.1, 0.15) is 22.9 Å². The Morgan fingerprint density at radius 3 is 2.55 bits per heavy atom. The number of methoxy groups -OCH3 is 1. The summed E-state index contributed by atoms with van der Waals surface area (Å²) in [6.45, 7) is 3.44. The lowest BCUT2D eigenvalue weighted by atomic mass is 9.86. The van der Waals surface area contributed by atoms with E-state index in [1.165, 1.54) is 51.3 Å². The molecular weight excluding hydrogens is 544 g/mol. The number of nitrogens with one attached hydrogen (secondary N) is 1. The fourth-order valence-electron chi connectivity index (χ4n) is 5.42. The van der Waals surface area contributed by atoms with Gasteiger partial charge in [-0.25, -0.2) is 18.7 Å². The van der Waals surface area contributed by atoms with Crippen LogP contribution in [0.1, 0.15) is 79.4 Å². The normalized spacial score (nSPS) is 19.2. The van der Waals surface area contributed by atoms with E-state index in [0.717, 1.165) is 25.7 Å². The number of aliphatic hydroxyl groups is 1. The molecule has 4 aromatic rings. The Morgan fingerprint density at radius 1 is 1.14 bits per heavy atom. The van der Waals surface area contributed by atoms with E-state index in [2.05, 4.69) is 15.3 Å². The molecule has 2 aromatic heterocycles. The number of halogens is 2. The monoisotopic (exact) mass is 577 g/mol. The van der Waals surface area contributed by atoms with Gasteiger partial charge in [-0.1, -0.05) is 0 Å². The molecule has 8 nitrogen and oxygen atoms in total. The number of pyridine rings is 1.